The van der Waals surface area contributed by atoms with Crippen molar-refractivity contribution < 1.29 is 4.79 Å². The minimum absolute atomic E-state index is 0.122. The molecule has 116 valence electrons. The Balaban J connectivity index is 1.62. The van der Waals surface area contributed by atoms with E-state index in [0.29, 0.717) is 13.0 Å². The van der Waals surface area contributed by atoms with Gasteiger partial charge in [-0.3, -0.25) is 4.79 Å². The topological polar surface area (TPSA) is 49.0 Å². The molecule has 0 spiro atoms. The summed E-state index contributed by atoms with van der Waals surface area (Å²) in [6.45, 7) is 4.80. The van der Waals surface area contributed by atoms with Gasteiger partial charge in [-0.05, 0) is 43.7 Å². The van der Waals surface area contributed by atoms with Crippen molar-refractivity contribution in [2.24, 2.45) is 0 Å². The number of anilines is 1. The Morgan fingerprint density at radius 3 is 2.61 bits per heavy atom. The van der Waals surface area contributed by atoms with Crippen molar-refractivity contribution in [3.8, 4) is 0 Å². The number of carbonyl (C=O) groups excluding carboxylic acids is 1. The third-order valence-electron chi connectivity index (χ3n) is 4.51. The summed E-state index contributed by atoms with van der Waals surface area (Å²) in [6.07, 6.45) is 0.507. The Hall–Kier alpha value is -2.62. The van der Waals surface area contributed by atoms with Crippen LogP contribution >= 0.6 is 0 Å². The minimum atomic E-state index is 0.122. The van der Waals surface area contributed by atoms with Gasteiger partial charge < -0.3 is 9.88 Å². The van der Waals surface area contributed by atoms with Crippen molar-refractivity contribution in [1.82, 2.24) is 9.97 Å². The van der Waals surface area contributed by atoms with Crippen LogP contribution in [0.3, 0.4) is 0 Å². The molecule has 4 heteroatoms. The monoisotopic (exact) mass is 305 g/mol. The molecule has 0 saturated carbocycles. The molecule has 1 N–H and O–H groups in total. The SMILES string of the molecule is Cc1ccc(N2CC(c3nc4ccc(C)cc4[nH]3)CC2=O)cc1. The van der Waals surface area contributed by atoms with Crippen LogP contribution in [0, 0.1) is 13.8 Å². The first-order chi connectivity index (χ1) is 11.1. The number of fused-ring (bicyclic) bond motifs is 1. The van der Waals surface area contributed by atoms with Crippen molar-refractivity contribution in [3.05, 3.63) is 59.4 Å². The average molecular weight is 305 g/mol. The van der Waals surface area contributed by atoms with Gasteiger partial charge in [0.2, 0.25) is 5.91 Å². The number of aromatic amines is 1. The van der Waals surface area contributed by atoms with Crippen molar-refractivity contribution in [2.45, 2.75) is 26.2 Å². The molecule has 1 unspecified atom stereocenters. The van der Waals surface area contributed by atoms with Crippen LogP contribution in [0.4, 0.5) is 5.69 Å². The molecule has 1 aliphatic rings. The quantitative estimate of drug-likeness (QED) is 0.785. The maximum absolute atomic E-state index is 12.4. The number of aromatic nitrogens is 2. The third-order valence-corrected chi connectivity index (χ3v) is 4.51. The number of rotatable bonds is 2. The van der Waals surface area contributed by atoms with Gasteiger partial charge in [0.05, 0.1) is 11.0 Å². The number of imidazole rings is 1. The number of amides is 1. The highest BCUT2D eigenvalue weighted by atomic mass is 16.2. The average Bonchev–Trinajstić information content (AvgIpc) is 3.11. The zero-order valence-electron chi connectivity index (χ0n) is 13.3. The Bertz CT molecular complexity index is 879. The molecule has 23 heavy (non-hydrogen) atoms. The van der Waals surface area contributed by atoms with Crippen LogP contribution < -0.4 is 4.90 Å². The van der Waals surface area contributed by atoms with Crippen molar-refractivity contribution in [3.63, 3.8) is 0 Å². The fourth-order valence-electron chi connectivity index (χ4n) is 3.20. The highest BCUT2D eigenvalue weighted by molar-refractivity contribution is 5.96. The number of H-pyrrole nitrogens is 1. The Morgan fingerprint density at radius 2 is 1.83 bits per heavy atom. The van der Waals surface area contributed by atoms with Crippen LogP contribution in [0.1, 0.15) is 29.3 Å². The van der Waals surface area contributed by atoms with Crippen molar-refractivity contribution in [2.75, 3.05) is 11.4 Å². The number of hydrogen-bond acceptors (Lipinski definition) is 2. The fourth-order valence-corrected chi connectivity index (χ4v) is 3.20. The molecule has 0 radical (unpaired) electrons. The first kappa shape index (κ1) is 14.0. The van der Waals surface area contributed by atoms with E-state index in [1.807, 2.05) is 35.2 Å². The smallest absolute Gasteiger partial charge is 0.227 e. The summed E-state index contributed by atoms with van der Waals surface area (Å²) in [5.74, 6) is 1.19. The van der Waals surface area contributed by atoms with Crippen LogP contribution in [-0.4, -0.2) is 22.4 Å². The standard InChI is InChI=1S/C19H19N3O/c1-12-3-6-15(7-4-12)22-11-14(10-18(22)23)19-20-16-8-5-13(2)9-17(16)21-19/h3-9,14H,10-11H2,1-2H3,(H,20,21). The van der Waals surface area contributed by atoms with Gasteiger partial charge in [-0.1, -0.05) is 23.8 Å². The Labute approximate surface area is 135 Å². The zero-order valence-corrected chi connectivity index (χ0v) is 13.3. The molecule has 2 heterocycles. The van der Waals surface area contributed by atoms with E-state index in [0.717, 1.165) is 22.5 Å². The molecule has 1 aliphatic heterocycles. The molecule has 1 aromatic heterocycles. The highest BCUT2D eigenvalue weighted by Crippen LogP contribution is 2.31. The van der Waals surface area contributed by atoms with E-state index >= 15 is 0 Å². The van der Waals surface area contributed by atoms with E-state index in [-0.39, 0.29) is 11.8 Å². The second-order valence-electron chi connectivity index (χ2n) is 6.38. The van der Waals surface area contributed by atoms with Gasteiger partial charge >= 0.3 is 0 Å². The first-order valence-corrected chi connectivity index (χ1v) is 7.93. The molecular formula is C19H19N3O. The normalized spacial score (nSPS) is 18.1. The number of benzene rings is 2. The zero-order chi connectivity index (χ0) is 16.0. The molecule has 1 saturated heterocycles. The largest absolute Gasteiger partial charge is 0.342 e. The number of hydrogen-bond donors (Lipinski definition) is 1. The lowest BCUT2D eigenvalue weighted by atomic mass is 10.1. The van der Waals surface area contributed by atoms with Crippen LogP contribution in [0.5, 0.6) is 0 Å². The van der Waals surface area contributed by atoms with Gasteiger partial charge in [0.1, 0.15) is 5.82 Å². The molecular weight excluding hydrogens is 286 g/mol. The minimum Gasteiger partial charge on any atom is -0.342 e. The molecule has 0 bridgehead atoms. The van der Waals surface area contributed by atoms with Gasteiger partial charge in [0.25, 0.3) is 0 Å². The summed E-state index contributed by atoms with van der Waals surface area (Å²) in [5, 5.41) is 0. The second-order valence-corrected chi connectivity index (χ2v) is 6.38. The highest BCUT2D eigenvalue weighted by Gasteiger charge is 2.33. The third kappa shape index (κ3) is 2.50. The number of carbonyl (C=O) groups is 1. The van der Waals surface area contributed by atoms with Gasteiger partial charge in [0, 0.05) is 24.6 Å². The molecule has 0 aliphatic carbocycles. The summed E-state index contributed by atoms with van der Waals surface area (Å²) in [7, 11) is 0. The summed E-state index contributed by atoms with van der Waals surface area (Å²) >= 11 is 0. The lowest BCUT2D eigenvalue weighted by molar-refractivity contribution is -0.117. The lowest BCUT2D eigenvalue weighted by Crippen LogP contribution is -2.24. The molecule has 1 fully saturated rings. The second kappa shape index (κ2) is 5.23. The van der Waals surface area contributed by atoms with Crippen molar-refractivity contribution >= 4 is 22.6 Å². The van der Waals surface area contributed by atoms with E-state index in [4.69, 9.17) is 0 Å². The van der Waals surface area contributed by atoms with E-state index in [2.05, 4.69) is 35.9 Å². The van der Waals surface area contributed by atoms with Gasteiger partial charge in [-0.15, -0.1) is 0 Å². The van der Waals surface area contributed by atoms with Crippen LogP contribution in [-0.2, 0) is 4.79 Å². The summed E-state index contributed by atoms with van der Waals surface area (Å²) in [5.41, 5.74) is 5.38. The summed E-state index contributed by atoms with van der Waals surface area (Å²) in [4.78, 5) is 22.3. The molecule has 1 atom stereocenters. The van der Waals surface area contributed by atoms with Crippen LogP contribution in [0.15, 0.2) is 42.5 Å². The van der Waals surface area contributed by atoms with E-state index in [1.54, 1.807) is 0 Å². The maximum Gasteiger partial charge on any atom is 0.227 e. The number of nitrogens with zero attached hydrogens (tertiary/aromatic N) is 2. The number of aryl methyl sites for hydroxylation is 2. The van der Waals surface area contributed by atoms with Crippen molar-refractivity contribution in [1.29, 1.82) is 0 Å². The predicted octanol–water partition coefficient (Wildman–Crippen LogP) is 3.70. The lowest BCUT2D eigenvalue weighted by Gasteiger charge is -2.16. The molecule has 3 aromatic rings. The maximum atomic E-state index is 12.4. The Morgan fingerprint density at radius 1 is 1.09 bits per heavy atom. The van der Waals surface area contributed by atoms with Gasteiger partial charge in [-0.2, -0.15) is 0 Å². The molecule has 4 nitrogen and oxygen atoms in total. The molecule has 4 rings (SSSR count). The van der Waals surface area contributed by atoms with Crippen LogP contribution in [0.25, 0.3) is 11.0 Å². The molecule has 2 aromatic carbocycles. The van der Waals surface area contributed by atoms with Gasteiger partial charge in [0.15, 0.2) is 0 Å². The van der Waals surface area contributed by atoms with E-state index in [1.165, 1.54) is 11.1 Å². The van der Waals surface area contributed by atoms with Crippen LogP contribution in [0.2, 0.25) is 0 Å². The fraction of sp³-hybridized carbons (Fsp3) is 0.263. The number of nitrogens with one attached hydrogen (secondary N) is 1. The predicted molar refractivity (Wildman–Crippen MR) is 91.7 cm³/mol. The summed E-state index contributed by atoms with van der Waals surface area (Å²) < 4.78 is 0. The van der Waals surface area contributed by atoms with E-state index < -0.39 is 0 Å². The van der Waals surface area contributed by atoms with E-state index in [9.17, 15) is 4.79 Å². The Kier molecular flexibility index (Phi) is 3.18. The molecule has 1 amide bonds. The van der Waals surface area contributed by atoms with Gasteiger partial charge in [-0.25, -0.2) is 4.98 Å². The summed E-state index contributed by atoms with van der Waals surface area (Å²) in [6, 6.07) is 14.3. The first-order valence-electron chi connectivity index (χ1n) is 7.93.